The van der Waals surface area contributed by atoms with E-state index in [1.54, 1.807) is 19.1 Å². The Hall–Kier alpha value is -1.58. The Kier molecular flexibility index (Phi) is 2.81. The minimum Gasteiger partial charge on any atom is -0.362 e. The zero-order chi connectivity index (χ0) is 11.7. The molecular weight excluding hydrogens is 204 g/mol. The van der Waals surface area contributed by atoms with Crippen molar-refractivity contribution >= 4 is 5.91 Å². The first-order chi connectivity index (χ1) is 7.56. The molecule has 0 bridgehead atoms. The number of nitrogens with one attached hydrogen (secondary N) is 1. The molecule has 1 N–H and O–H groups in total. The van der Waals surface area contributed by atoms with E-state index in [1.165, 1.54) is 0 Å². The predicted octanol–water partition coefficient (Wildman–Crippen LogP) is 1.02. The first-order valence-corrected chi connectivity index (χ1v) is 5.52. The zero-order valence-electron chi connectivity index (χ0n) is 9.62. The van der Waals surface area contributed by atoms with E-state index in [1.807, 2.05) is 11.8 Å². The lowest BCUT2D eigenvalue weighted by atomic mass is 10.0. The number of likely N-dealkylation sites (tertiary alicyclic amines) is 1. The van der Waals surface area contributed by atoms with Crippen LogP contribution in [0.5, 0.6) is 0 Å². The summed E-state index contributed by atoms with van der Waals surface area (Å²) in [5.74, 6) is 0.383. The van der Waals surface area contributed by atoms with Gasteiger partial charge >= 0.3 is 0 Å². The third-order valence-corrected chi connectivity index (χ3v) is 3.07. The Labute approximate surface area is 94.3 Å². The van der Waals surface area contributed by atoms with Crippen LogP contribution in [0.1, 0.15) is 30.7 Å². The van der Waals surface area contributed by atoms with Gasteiger partial charge in [-0.05, 0) is 13.3 Å². The molecule has 86 valence electrons. The maximum absolute atomic E-state index is 11.4. The summed E-state index contributed by atoms with van der Waals surface area (Å²) in [4.78, 5) is 27.6. The Morgan fingerprint density at radius 3 is 2.81 bits per heavy atom. The van der Waals surface area contributed by atoms with Gasteiger partial charge in [0.15, 0.2) is 5.43 Å². The van der Waals surface area contributed by atoms with Crippen LogP contribution in [0.2, 0.25) is 0 Å². The number of amides is 1. The third-order valence-electron chi connectivity index (χ3n) is 3.07. The fourth-order valence-corrected chi connectivity index (χ4v) is 2.23. The van der Waals surface area contributed by atoms with Crippen molar-refractivity contribution in [2.75, 3.05) is 13.1 Å². The highest BCUT2D eigenvalue weighted by Crippen LogP contribution is 2.25. The largest absolute Gasteiger partial charge is 0.362 e. The second-order valence-electron chi connectivity index (χ2n) is 4.41. The maximum Gasteiger partial charge on any atom is 0.219 e. The average Bonchev–Trinajstić information content (AvgIpc) is 2.64. The van der Waals surface area contributed by atoms with E-state index in [0.717, 1.165) is 24.4 Å². The van der Waals surface area contributed by atoms with Crippen molar-refractivity contribution in [1.29, 1.82) is 0 Å². The van der Waals surface area contributed by atoms with Gasteiger partial charge in [0.05, 0.1) is 0 Å². The van der Waals surface area contributed by atoms with Crippen LogP contribution in [0.25, 0.3) is 0 Å². The molecule has 4 nitrogen and oxygen atoms in total. The standard InChI is InChI=1S/C12H16N2O2/c1-8-5-11(16)6-12(13-8)10-3-4-14(7-10)9(2)15/h5-6,10H,3-4,7H2,1-2H3,(H,13,16)/t10-/m1/s1. The number of nitrogens with zero attached hydrogens (tertiary/aromatic N) is 1. The van der Waals surface area contributed by atoms with Crippen LogP contribution in [0.15, 0.2) is 16.9 Å². The summed E-state index contributed by atoms with van der Waals surface area (Å²) in [6.07, 6.45) is 0.930. The van der Waals surface area contributed by atoms with Gasteiger partial charge in [0.1, 0.15) is 0 Å². The molecule has 1 aromatic heterocycles. The molecule has 0 radical (unpaired) electrons. The summed E-state index contributed by atoms with van der Waals surface area (Å²) in [7, 11) is 0. The van der Waals surface area contributed by atoms with Crippen LogP contribution < -0.4 is 5.43 Å². The molecule has 1 aliphatic heterocycles. The van der Waals surface area contributed by atoms with Gasteiger partial charge in [0.2, 0.25) is 5.91 Å². The second kappa shape index (κ2) is 4.12. The molecule has 0 unspecified atom stereocenters. The summed E-state index contributed by atoms with van der Waals surface area (Å²) >= 11 is 0. The molecular formula is C12H16N2O2. The molecule has 4 heteroatoms. The summed E-state index contributed by atoms with van der Waals surface area (Å²) in [6.45, 7) is 4.97. The monoisotopic (exact) mass is 220 g/mol. The van der Waals surface area contributed by atoms with Gasteiger partial charge in [-0.3, -0.25) is 9.59 Å². The predicted molar refractivity (Wildman–Crippen MR) is 61.4 cm³/mol. The summed E-state index contributed by atoms with van der Waals surface area (Å²) in [6, 6.07) is 3.22. The Balaban J connectivity index is 2.20. The van der Waals surface area contributed by atoms with E-state index in [4.69, 9.17) is 0 Å². The Bertz CT molecular complexity index is 464. The molecule has 2 heterocycles. The van der Waals surface area contributed by atoms with Crippen molar-refractivity contribution in [2.24, 2.45) is 0 Å². The van der Waals surface area contributed by atoms with Crippen molar-refractivity contribution in [3.8, 4) is 0 Å². The van der Waals surface area contributed by atoms with Gasteiger partial charge in [-0.15, -0.1) is 0 Å². The van der Waals surface area contributed by atoms with Crippen LogP contribution in [0.3, 0.4) is 0 Å². The normalized spacial score (nSPS) is 20.1. The minimum atomic E-state index is 0.0347. The van der Waals surface area contributed by atoms with Crippen LogP contribution in [-0.4, -0.2) is 28.9 Å². The lowest BCUT2D eigenvalue weighted by Crippen LogP contribution is -2.25. The Morgan fingerprint density at radius 1 is 1.50 bits per heavy atom. The van der Waals surface area contributed by atoms with E-state index in [-0.39, 0.29) is 17.3 Å². The lowest BCUT2D eigenvalue weighted by molar-refractivity contribution is -0.127. The maximum atomic E-state index is 11.4. The van der Waals surface area contributed by atoms with Crippen molar-refractivity contribution in [2.45, 2.75) is 26.2 Å². The molecule has 0 spiro atoms. The first kappa shape index (κ1) is 10.9. The minimum absolute atomic E-state index is 0.0347. The summed E-state index contributed by atoms with van der Waals surface area (Å²) < 4.78 is 0. The number of hydrogen-bond acceptors (Lipinski definition) is 2. The number of aryl methyl sites for hydroxylation is 1. The highest BCUT2D eigenvalue weighted by Gasteiger charge is 2.25. The molecule has 0 saturated carbocycles. The molecule has 0 aliphatic carbocycles. The lowest BCUT2D eigenvalue weighted by Gasteiger charge is -2.14. The molecule has 1 fully saturated rings. The van der Waals surface area contributed by atoms with Gasteiger partial charge in [0.25, 0.3) is 0 Å². The van der Waals surface area contributed by atoms with E-state index < -0.39 is 0 Å². The number of hydrogen-bond donors (Lipinski definition) is 1. The molecule has 0 aromatic carbocycles. The van der Waals surface area contributed by atoms with Gasteiger partial charge < -0.3 is 9.88 Å². The third kappa shape index (κ3) is 2.15. The van der Waals surface area contributed by atoms with Crippen LogP contribution in [-0.2, 0) is 4.79 Å². The van der Waals surface area contributed by atoms with Gasteiger partial charge in [-0.25, -0.2) is 0 Å². The van der Waals surface area contributed by atoms with Crippen LogP contribution >= 0.6 is 0 Å². The highest BCUT2D eigenvalue weighted by molar-refractivity contribution is 5.73. The molecule has 1 aromatic rings. The van der Waals surface area contributed by atoms with Crippen molar-refractivity contribution in [1.82, 2.24) is 9.88 Å². The molecule has 1 amide bonds. The number of aromatic amines is 1. The van der Waals surface area contributed by atoms with Crippen LogP contribution in [0.4, 0.5) is 0 Å². The number of carbonyl (C=O) groups excluding carboxylic acids is 1. The highest BCUT2D eigenvalue weighted by atomic mass is 16.2. The summed E-state index contributed by atoms with van der Waals surface area (Å²) in [5.41, 5.74) is 1.87. The van der Waals surface area contributed by atoms with E-state index >= 15 is 0 Å². The number of carbonyl (C=O) groups is 1. The van der Waals surface area contributed by atoms with Gasteiger partial charge in [0, 0.05) is 49.5 Å². The van der Waals surface area contributed by atoms with Crippen molar-refractivity contribution in [3.05, 3.63) is 33.7 Å². The van der Waals surface area contributed by atoms with Crippen molar-refractivity contribution in [3.63, 3.8) is 0 Å². The smallest absolute Gasteiger partial charge is 0.219 e. The summed E-state index contributed by atoms with van der Waals surface area (Å²) in [5, 5.41) is 0. The van der Waals surface area contributed by atoms with Crippen molar-refractivity contribution < 1.29 is 4.79 Å². The fourth-order valence-electron chi connectivity index (χ4n) is 2.23. The molecule has 1 aliphatic rings. The zero-order valence-corrected chi connectivity index (χ0v) is 9.62. The molecule has 1 atom stereocenters. The number of pyridine rings is 1. The number of rotatable bonds is 1. The van der Waals surface area contributed by atoms with E-state index in [0.29, 0.717) is 6.54 Å². The number of H-pyrrole nitrogens is 1. The topological polar surface area (TPSA) is 53.2 Å². The van der Waals surface area contributed by atoms with Gasteiger partial charge in [-0.2, -0.15) is 0 Å². The fraction of sp³-hybridized carbons (Fsp3) is 0.500. The number of aromatic nitrogens is 1. The van der Waals surface area contributed by atoms with Gasteiger partial charge in [-0.1, -0.05) is 0 Å². The van der Waals surface area contributed by atoms with E-state index in [9.17, 15) is 9.59 Å². The Morgan fingerprint density at radius 2 is 2.25 bits per heavy atom. The van der Waals surface area contributed by atoms with Crippen LogP contribution in [0, 0.1) is 6.92 Å². The SMILES string of the molecule is CC(=O)N1CC[C@@H](c2cc(=O)cc(C)[nH]2)C1. The molecule has 16 heavy (non-hydrogen) atoms. The average molecular weight is 220 g/mol. The quantitative estimate of drug-likeness (QED) is 0.768. The second-order valence-corrected chi connectivity index (χ2v) is 4.41. The first-order valence-electron chi connectivity index (χ1n) is 5.52. The molecule has 2 rings (SSSR count). The van der Waals surface area contributed by atoms with E-state index in [2.05, 4.69) is 4.98 Å². The molecule has 1 saturated heterocycles.